The van der Waals surface area contributed by atoms with Gasteiger partial charge in [0.15, 0.2) is 11.7 Å². The molecule has 0 saturated carbocycles. The Bertz CT molecular complexity index is 929. The molecule has 0 aliphatic heterocycles. The van der Waals surface area contributed by atoms with Crippen LogP contribution in [0.3, 0.4) is 0 Å². The van der Waals surface area contributed by atoms with Gasteiger partial charge in [-0.25, -0.2) is 4.98 Å². The molecule has 140 valence electrons. The molecule has 0 radical (unpaired) electrons. The van der Waals surface area contributed by atoms with Crippen molar-refractivity contribution in [1.82, 2.24) is 4.98 Å². The molecule has 1 aromatic heterocycles. The van der Waals surface area contributed by atoms with Crippen LogP contribution in [0.25, 0.3) is 11.3 Å². The molecule has 1 amide bonds. The highest BCUT2D eigenvalue weighted by atomic mass is 35.5. The molecule has 3 aromatic rings. The predicted molar refractivity (Wildman–Crippen MR) is 109 cm³/mol. The first-order valence-electron chi connectivity index (χ1n) is 8.11. The van der Waals surface area contributed by atoms with Crippen LogP contribution < -0.4 is 14.8 Å². The molecule has 0 aliphatic carbocycles. The van der Waals surface area contributed by atoms with Gasteiger partial charge in [-0.15, -0.1) is 11.3 Å². The van der Waals surface area contributed by atoms with Gasteiger partial charge < -0.3 is 9.47 Å². The van der Waals surface area contributed by atoms with Crippen LogP contribution in [0.2, 0.25) is 10.0 Å². The first kappa shape index (κ1) is 19.5. The third-order valence-corrected chi connectivity index (χ3v) is 4.77. The summed E-state index contributed by atoms with van der Waals surface area (Å²) in [5.74, 6) is 0.828. The molecule has 1 heterocycles. The Morgan fingerprint density at radius 3 is 2.67 bits per heavy atom. The van der Waals surface area contributed by atoms with E-state index in [1.807, 2.05) is 36.6 Å². The Labute approximate surface area is 170 Å². The largest absolute Gasteiger partial charge is 0.494 e. The maximum absolute atomic E-state index is 12.1. The quantitative estimate of drug-likeness (QED) is 0.543. The van der Waals surface area contributed by atoms with E-state index in [0.717, 1.165) is 17.0 Å². The number of thiazole rings is 1. The molecule has 27 heavy (non-hydrogen) atoms. The lowest BCUT2D eigenvalue weighted by Gasteiger charge is -2.07. The minimum Gasteiger partial charge on any atom is -0.494 e. The van der Waals surface area contributed by atoms with E-state index in [2.05, 4.69) is 10.3 Å². The minimum absolute atomic E-state index is 0.196. The number of rotatable bonds is 7. The Morgan fingerprint density at radius 1 is 1.15 bits per heavy atom. The van der Waals surface area contributed by atoms with Crippen LogP contribution in [0.4, 0.5) is 5.13 Å². The van der Waals surface area contributed by atoms with Crippen molar-refractivity contribution in [3.05, 3.63) is 57.9 Å². The lowest BCUT2D eigenvalue weighted by Crippen LogP contribution is -2.20. The van der Waals surface area contributed by atoms with Gasteiger partial charge in [-0.2, -0.15) is 0 Å². The second kappa shape index (κ2) is 9.08. The number of aromatic nitrogens is 1. The third-order valence-electron chi connectivity index (χ3n) is 3.46. The number of nitrogens with one attached hydrogen (secondary N) is 1. The van der Waals surface area contributed by atoms with Gasteiger partial charge in [-0.1, -0.05) is 23.2 Å². The van der Waals surface area contributed by atoms with E-state index in [9.17, 15) is 4.79 Å². The third kappa shape index (κ3) is 5.35. The van der Waals surface area contributed by atoms with Gasteiger partial charge in [0.1, 0.15) is 11.5 Å². The molecule has 1 N–H and O–H groups in total. The van der Waals surface area contributed by atoms with Crippen LogP contribution in [0.5, 0.6) is 11.5 Å². The van der Waals surface area contributed by atoms with E-state index in [0.29, 0.717) is 27.5 Å². The van der Waals surface area contributed by atoms with Gasteiger partial charge in [0, 0.05) is 22.0 Å². The highest BCUT2D eigenvalue weighted by molar-refractivity contribution is 7.14. The smallest absolute Gasteiger partial charge is 0.264 e. The van der Waals surface area contributed by atoms with Crippen molar-refractivity contribution in [2.45, 2.75) is 6.92 Å². The number of anilines is 1. The van der Waals surface area contributed by atoms with Crippen LogP contribution in [0.1, 0.15) is 6.92 Å². The highest BCUT2D eigenvalue weighted by Gasteiger charge is 2.10. The molecule has 2 aromatic carbocycles. The number of benzene rings is 2. The number of carbonyl (C=O) groups excluding carboxylic acids is 1. The van der Waals surface area contributed by atoms with Crippen molar-refractivity contribution in [3.8, 4) is 22.8 Å². The summed E-state index contributed by atoms with van der Waals surface area (Å²) in [5, 5.41) is 5.95. The zero-order valence-electron chi connectivity index (χ0n) is 14.4. The van der Waals surface area contributed by atoms with Crippen molar-refractivity contribution in [2.24, 2.45) is 0 Å². The second-order valence-electron chi connectivity index (χ2n) is 5.41. The summed E-state index contributed by atoms with van der Waals surface area (Å²) < 4.78 is 10.8. The van der Waals surface area contributed by atoms with Gasteiger partial charge in [0.25, 0.3) is 5.91 Å². The molecular weight excluding hydrogens is 407 g/mol. The Kier molecular flexibility index (Phi) is 6.55. The highest BCUT2D eigenvalue weighted by Crippen LogP contribution is 2.28. The molecule has 0 bridgehead atoms. The predicted octanol–water partition coefficient (Wildman–Crippen LogP) is 5.53. The fourth-order valence-corrected chi connectivity index (χ4v) is 3.31. The molecule has 0 atom stereocenters. The van der Waals surface area contributed by atoms with Gasteiger partial charge in [-0.05, 0) is 43.3 Å². The van der Waals surface area contributed by atoms with Crippen LogP contribution in [0.15, 0.2) is 47.8 Å². The minimum atomic E-state index is -0.335. The lowest BCUT2D eigenvalue weighted by atomic mass is 10.2. The normalized spacial score (nSPS) is 10.5. The number of amides is 1. The first-order chi connectivity index (χ1) is 13.0. The van der Waals surface area contributed by atoms with Crippen molar-refractivity contribution in [1.29, 1.82) is 0 Å². The average molecular weight is 423 g/mol. The summed E-state index contributed by atoms with van der Waals surface area (Å²) in [5.41, 5.74) is 1.72. The Balaban J connectivity index is 1.58. The van der Waals surface area contributed by atoms with E-state index < -0.39 is 0 Å². The number of halogens is 2. The van der Waals surface area contributed by atoms with Crippen molar-refractivity contribution in [3.63, 3.8) is 0 Å². The summed E-state index contributed by atoms with van der Waals surface area (Å²) >= 11 is 13.2. The van der Waals surface area contributed by atoms with E-state index in [-0.39, 0.29) is 12.5 Å². The van der Waals surface area contributed by atoms with Crippen LogP contribution in [-0.2, 0) is 4.79 Å². The molecule has 0 unspecified atom stereocenters. The van der Waals surface area contributed by atoms with Crippen molar-refractivity contribution >= 4 is 45.6 Å². The van der Waals surface area contributed by atoms with E-state index in [1.165, 1.54) is 11.3 Å². The van der Waals surface area contributed by atoms with Gasteiger partial charge in [0.2, 0.25) is 0 Å². The average Bonchev–Trinajstić information content (AvgIpc) is 3.12. The number of hydrogen-bond acceptors (Lipinski definition) is 5. The standard InChI is InChI=1S/C19H16Cl2N2O3S/c1-2-25-14-6-3-12(4-7-14)16-11-27-19(22-16)23-18(24)10-26-17-9-13(20)5-8-15(17)21/h3-9,11H,2,10H2,1H3,(H,22,23,24). The summed E-state index contributed by atoms with van der Waals surface area (Å²) in [6, 6.07) is 12.4. The van der Waals surface area contributed by atoms with Crippen molar-refractivity contribution < 1.29 is 14.3 Å². The molecule has 0 fully saturated rings. The maximum Gasteiger partial charge on any atom is 0.264 e. The van der Waals surface area contributed by atoms with Gasteiger partial charge in [0.05, 0.1) is 17.3 Å². The molecule has 0 spiro atoms. The second-order valence-corrected chi connectivity index (χ2v) is 7.11. The fraction of sp³-hybridized carbons (Fsp3) is 0.158. The van der Waals surface area contributed by atoms with Crippen molar-refractivity contribution in [2.75, 3.05) is 18.5 Å². The Hall–Kier alpha value is -2.28. The summed E-state index contributed by atoms with van der Waals surface area (Å²) in [6.45, 7) is 2.36. The van der Waals surface area contributed by atoms with E-state index in [1.54, 1.807) is 18.2 Å². The van der Waals surface area contributed by atoms with E-state index in [4.69, 9.17) is 32.7 Å². The SMILES string of the molecule is CCOc1ccc(-c2csc(NC(=O)COc3cc(Cl)ccc3Cl)n2)cc1. The van der Waals surface area contributed by atoms with Crippen LogP contribution in [0, 0.1) is 0 Å². The number of ether oxygens (including phenoxy) is 2. The molecule has 5 nitrogen and oxygen atoms in total. The maximum atomic E-state index is 12.1. The number of carbonyl (C=O) groups is 1. The monoisotopic (exact) mass is 422 g/mol. The van der Waals surface area contributed by atoms with Crippen LogP contribution in [-0.4, -0.2) is 24.1 Å². The molecular formula is C19H16Cl2N2O3S. The first-order valence-corrected chi connectivity index (χ1v) is 9.75. The summed E-state index contributed by atoms with van der Waals surface area (Å²) in [6.07, 6.45) is 0. The summed E-state index contributed by atoms with van der Waals surface area (Å²) in [7, 11) is 0. The van der Waals surface area contributed by atoms with Gasteiger partial charge >= 0.3 is 0 Å². The zero-order valence-corrected chi connectivity index (χ0v) is 16.7. The van der Waals surface area contributed by atoms with E-state index >= 15 is 0 Å². The lowest BCUT2D eigenvalue weighted by molar-refractivity contribution is -0.118. The molecule has 8 heteroatoms. The zero-order chi connectivity index (χ0) is 19.2. The summed E-state index contributed by atoms with van der Waals surface area (Å²) in [4.78, 5) is 16.5. The molecule has 0 aliphatic rings. The topological polar surface area (TPSA) is 60.5 Å². The van der Waals surface area contributed by atoms with Gasteiger partial charge in [-0.3, -0.25) is 10.1 Å². The van der Waals surface area contributed by atoms with Crippen LogP contribution >= 0.6 is 34.5 Å². The number of hydrogen-bond donors (Lipinski definition) is 1. The molecule has 3 rings (SSSR count). The Morgan fingerprint density at radius 2 is 1.93 bits per heavy atom. The number of nitrogens with zero attached hydrogens (tertiary/aromatic N) is 1. The fourth-order valence-electron chi connectivity index (χ4n) is 2.24. The molecule has 0 saturated heterocycles.